The molecule has 1 N–H and O–H groups in total. The molecule has 0 aliphatic carbocycles. The molecule has 0 bridgehead atoms. The van der Waals surface area contributed by atoms with E-state index in [0.29, 0.717) is 11.1 Å². The molecule has 0 aliphatic rings. The van der Waals surface area contributed by atoms with Crippen LogP contribution in [0.15, 0.2) is 54.2 Å². The summed E-state index contributed by atoms with van der Waals surface area (Å²) < 4.78 is 0. The van der Waals surface area contributed by atoms with Crippen LogP contribution in [-0.4, -0.2) is 26.0 Å². The zero-order valence-electron chi connectivity index (χ0n) is 13.9. The first-order valence-corrected chi connectivity index (χ1v) is 7.45. The van der Waals surface area contributed by atoms with Gasteiger partial charge >= 0.3 is 0 Å². The SMILES string of the molecule is Cc1cccc(C(=O)NC(=Cc2ccc(N(C)C)cc2)C(=O)[O-])c1. The Morgan fingerprint density at radius 1 is 1.08 bits per heavy atom. The second kappa shape index (κ2) is 7.46. The number of anilines is 1. The number of carboxylic acids is 1. The minimum atomic E-state index is -1.44. The molecule has 24 heavy (non-hydrogen) atoms. The van der Waals surface area contributed by atoms with Gasteiger partial charge in [0, 0.05) is 25.3 Å². The number of carbonyl (C=O) groups is 2. The standard InChI is InChI=1S/C19H20N2O3/c1-13-5-4-6-15(11-13)18(22)20-17(19(23)24)12-14-7-9-16(10-8-14)21(2)3/h4-12H,1-3H3,(H,20,22)(H,23,24)/p-1. The first-order valence-electron chi connectivity index (χ1n) is 7.45. The Balaban J connectivity index is 2.22. The summed E-state index contributed by atoms with van der Waals surface area (Å²) in [5.74, 6) is -1.92. The average Bonchev–Trinajstić information content (AvgIpc) is 2.54. The van der Waals surface area contributed by atoms with Crippen LogP contribution >= 0.6 is 0 Å². The van der Waals surface area contributed by atoms with Crippen LogP contribution in [0.3, 0.4) is 0 Å². The summed E-state index contributed by atoms with van der Waals surface area (Å²) in [7, 11) is 3.83. The van der Waals surface area contributed by atoms with Gasteiger partial charge in [0.15, 0.2) is 0 Å². The number of hydrogen-bond acceptors (Lipinski definition) is 4. The summed E-state index contributed by atoms with van der Waals surface area (Å²) in [6.45, 7) is 1.86. The molecule has 0 unspecified atom stereocenters. The lowest BCUT2D eigenvalue weighted by Gasteiger charge is -2.13. The van der Waals surface area contributed by atoms with Crippen LogP contribution in [0.1, 0.15) is 21.5 Å². The summed E-state index contributed by atoms with van der Waals surface area (Å²) in [5.41, 5.74) is 2.68. The molecule has 0 radical (unpaired) electrons. The monoisotopic (exact) mass is 323 g/mol. The van der Waals surface area contributed by atoms with Gasteiger partial charge in [-0.2, -0.15) is 0 Å². The Labute approximate surface area is 141 Å². The zero-order chi connectivity index (χ0) is 17.7. The number of amides is 1. The molecule has 0 spiro atoms. The van der Waals surface area contributed by atoms with E-state index >= 15 is 0 Å². The molecule has 124 valence electrons. The largest absolute Gasteiger partial charge is 0.543 e. The Morgan fingerprint density at radius 2 is 1.75 bits per heavy atom. The topological polar surface area (TPSA) is 72.5 Å². The fourth-order valence-electron chi connectivity index (χ4n) is 2.16. The Kier molecular flexibility index (Phi) is 5.37. The zero-order valence-corrected chi connectivity index (χ0v) is 13.9. The predicted molar refractivity (Wildman–Crippen MR) is 92.4 cm³/mol. The van der Waals surface area contributed by atoms with E-state index < -0.39 is 11.9 Å². The molecule has 5 heteroatoms. The van der Waals surface area contributed by atoms with Crippen molar-refractivity contribution in [2.24, 2.45) is 0 Å². The summed E-state index contributed by atoms with van der Waals surface area (Å²) in [4.78, 5) is 25.4. The quantitative estimate of drug-likeness (QED) is 0.848. The molecular formula is C19H19N2O3-. The Bertz CT molecular complexity index is 777. The van der Waals surface area contributed by atoms with Gasteiger partial charge in [0.25, 0.3) is 5.91 Å². The molecule has 0 saturated heterocycles. The van der Waals surface area contributed by atoms with Crippen LogP contribution in [0.4, 0.5) is 5.69 Å². The molecule has 2 aromatic rings. The maximum absolute atomic E-state index is 12.2. The Hall–Kier alpha value is -3.08. The third-order valence-electron chi connectivity index (χ3n) is 3.47. The Morgan fingerprint density at radius 3 is 2.29 bits per heavy atom. The predicted octanol–water partition coefficient (Wildman–Crippen LogP) is 1.58. The second-order valence-corrected chi connectivity index (χ2v) is 5.66. The van der Waals surface area contributed by atoms with Gasteiger partial charge in [-0.25, -0.2) is 0 Å². The molecule has 5 nitrogen and oxygen atoms in total. The van der Waals surface area contributed by atoms with Gasteiger partial charge in [0.05, 0.1) is 11.7 Å². The summed E-state index contributed by atoms with van der Waals surface area (Å²) >= 11 is 0. The van der Waals surface area contributed by atoms with Crippen LogP contribution in [-0.2, 0) is 4.79 Å². The highest BCUT2D eigenvalue weighted by Crippen LogP contribution is 2.14. The minimum absolute atomic E-state index is 0.279. The third-order valence-corrected chi connectivity index (χ3v) is 3.47. The van der Waals surface area contributed by atoms with Crippen molar-refractivity contribution in [1.82, 2.24) is 5.32 Å². The van der Waals surface area contributed by atoms with Gasteiger partial charge in [-0.15, -0.1) is 0 Å². The van der Waals surface area contributed by atoms with Gasteiger partial charge in [-0.3, -0.25) is 4.79 Å². The fraction of sp³-hybridized carbons (Fsp3) is 0.158. The first kappa shape index (κ1) is 17.3. The third kappa shape index (κ3) is 4.46. The molecular weight excluding hydrogens is 304 g/mol. The van der Waals surface area contributed by atoms with E-state index in [2.05, 4.69) is 5.32 Å². The number of nitrogens with one attached hydrogen (secondary N) is 1. The van der Waals surface area contributed by atoms with Crippen LogP contribution in [0.2, 0.25) is 0 Å². The van der Waals surface area contributed by atoms with E-state index in [1.165, 1.54) is 6.08 Å². The van der Waals surface area contributed by atoms with Crippen molar-refractivity contribution in [3.63, 3.8) is 0 Å². The van der Waals surface area contributed by atoms with Crippen LogP contribution in [0, 0.1) is 6.92 Å². The van der Waals surface area contributed by atoms with E-state index in [9.17, 15) is 14.7 Å². The number of carbonyl (C=O) groups excluding carboxylic acids is 2. The number of rotatable bonds is 5. The van der Waals surface area contributed by atoms with E-state index in [1.807, 2.05) is 44.1 Å². The van der Waals surface area contributed by atoms with Gasteiger partial charge in [-0.05, 0) is 42.8 Å². The van der Waals surface area contributed by atoms with Crippen molar-refractivity contribution < 1.29 is 14.7 Å². The molecule has 2 aromatic carbocycles. The van der Waals surface area contributed by atoms with Crippen molar-refractivity contribution in [3.8, 4) is 0 Å². The number of aryl methyl sites for hydroxylation is 1. The first-order chi connectivity index (χ1) is 11.4. The average molecular weight is 323 g/mol. The minimum Gasteiger partial charge on any atom is -0.543 e. The molecule has 0 aliphatic heterocycles. The van der Waals surface area contributed by atoms with Gasteiger partial charge < -0.3 is 20.1 Å². The van der Waals surface area contributed by atoms with Crippen molar-refractivity contribution >= 4 is 23.6 Å². The fourth-order valence-corrected chi connectivity index (χ4v) is 2.16. The second-order valence-electron chi connectivity index (χ2n) is 5.66. The highest BCUT2D eigenvalue weighted by Gasteiger charge is 2.09. The highest BCUT2D eigenvalue weighted by molar-refractivity contribution is 6.02. The number of nitrogens with zero attached hydrogens (tertiary/aromatic N) is 1. The normalized spacial score (nSPS) is 11.0. The molecule has 0 fully saturated rings. The molecule has 0 heterocycles. The van der Waals surface area contributed by atoms with Crippen LogP contribution < -0.4 is 15.3 Å². The van der Waals surface area contributed by atoms with E-state index in [4.69, 9.17) is 0 Å². The maximum Gasteiger partial charge on any atom is 0.255 e. The number of aliphatic carboxylic acids is 1. The van der Waals surface area contributed by atoms with Gasteiger partial charge in [-0.1, -0.05) is 29.8 Å². The molecule has 0 saturated carbocycles. The summed E-state index contributed by atoms with van der Waals surface area (Å²) in [5, 5.41) is 13.7. The van der Waals surface area contributed by atoms with Crippen molar-refractivity contribution in [1.29, 1.82) is 0 Å². The van der Waals surface area contributed by atoms with Crippen molar-refractivity contribution in [2.75, 3.05) is 19.0 Å². The molecule has 2 rings (SSSR count). The summed E-state index contributed by atoms with van der Waals surface area (Å²) in [6.07, 6.45) is 1.38. The summed E-state index contributed by atoms with van der Waals surface area (Å²) in [6, 6.07) is 14.2. The van der Waals surface area contributed by atoms with Crippen molar-refractivity contribution in [2.45, 2.75) is 6.92 Å². The van der Waals surface area contributed by atoms with Gasteiger partial charge in [0.1, 0.15) is 0 Å². The lowest BCUT2D eigenvalue weighted by Crippen LogP contribution is -2.35. The molecule has 0 aromatic heterocycles. The molecule has 1 amide bonds. The van der Waals surface area contributed by atoms with Gasteiger partial charge in [0.2, 0.25) is 0 Å². The van der Waals surface area contributed by atoms with E-state index in [-0.39, 0.29) is 5.70 Å². The van der Waals surface area contributed by atoms with Crippen LogP contribution in [0.25, 0.3) is 6.08 Å². The molecule has 0 atom stereocenters. The number of benzene rings is 2. The van der Waals surface area contributed by atoms with Crippen molar-refractivity contribution in [3.05, 3.63) is 70.9 Å². The van der Waals surface area contributed by atoms with E-state index in [1.54, 1.807) is 30.3 Å². The number of hydrogen-bond donors (Lipinski definition) is 1. The number of carboxylic acid groups (broad SMARTS) is 1. The lowest BCUT2D eigenvalue weighted by atomic mass is 10.1. The van der Waals surface area contributed by atoms with Crippen LogP contribution in [0.5, 0.6) is 0 Å². The smallest absolute Gasteiger partial charge is 0.255 e. The lowest BCUT2D eigenvalue weighted by molar-refractivity contribution is -0.299. The maximum atomic E-state index is 12.2. The highest BCUT2D eigenvalue weighted by atomic mass is 16.4. The van der Waals surface area contributed by atoms with E-state index in [0.717, 1.165) is 11.3 Å².